The number of nitrogens with two attached hydrogens (primary N) is 1. The molecule has 82 valence electrons. The van der Waals surface area contributed by atoms with Gasteiger partial charge in [-0.3, -0.25) is 0 Å². The van der Waals surface area contributed by atoms with Crippen molar-refractivity contribution in [3.05, 3.63) is 42.0 Å². The summed E-state index contributed by atoms with van der Waals surface area (Å²) >= 11 is 0. The van der Waals surface area contributed by atoms with Crippen molar-refractivity contribution >= 4 is 15.9 Å². The standard InChI is InChI=1S/C11H15NO2S/c12-8-10-15(13,14)9-4-7-11-5-2-1-3-6-11/h1-7H,8-10,12H2/b7-4+. The van der Waals surface area contributed by atoms with Crippen LogP contribution in [0.1, 0.15) is 5.56 Å². The van der Waals surface area contributed by atoms with Gasteiger partial charge in [0.2, 0.25) is 0 Å². The highest BCUT2D eigenvalue weighted by Gasteiger charge is 2.05. The van der Waals surface area contributed by atoms with Gasteiger partial charge in [-0.1, -0.05) is 42.5 Å². The summed E-state index contributed by atoms with van der Waals surface area (Å²) in [6.07, 6.45) is 3.45. The Labute approximate surface area is 90.5 Å². The average Bonchev–Trinajstić information content (AvgIpc) is 2.19. The molecule has 0 unspecified atom stereocenters. The molecule has 0 amide bonds. The zero-order valence-corrected chi connectivity index (χ0v) is 9.28. The molecule has 0 saturated heterocycles. The zero-order valence-electron chi connectivity index (χ0n) is 8.46. The lowest BCUT2D eigenvalue weighted by atomic mass is 10.2. The molecule has 4 heteroatoms. The minimum absolute atomic E-state index is 0.0477. The van der Waals surface area contributed by atoms with Crippen LogP contribution in [-0.2, 0) is 9.84 Å². The van der Waals surface area contributed by atoms with Crippen molar-refractivity contribution < 1.29 is 8.42 Å². The minimum Gasteiger partial charge on any atom is -0.329 e. The van der Waals surface area contributed by atoms with Crippen LogP contribution in [0.25, 0.3) is 6.08 Å². The Morgan fingerprint density at radius 2 is 1.87 bits per heavy atom. The van der Waals surface area contributed by atoms with E-state index in [0.717, 1.165) is 5.56 Å². The Hall–Kier alpha value is -1.13. The van der Waals surface area contributed by atoms with E-state index in [1.165, 1.54) is 0 Å². The van der Waals surface area contributed by atoms with Crippen LogP contribution in [-0.4, -0.2) is 26.5 Å². The molecular formula is C11H15NO2S. The summed E-state index contributed by atoms with van der Waals surface area (Å²) in [7, 11) is -3.01. The smallest absolute Gasteiger partial charge is 0.155 e. The molecule has 0 aliphatic rings. The maximum atomic E-state index is 11.3. The SMILES string of the molecule is NCCS(=O)(=O)C/C=C/c1ccccc1. The van der Waals surface area contributed by atoms with Crippen molar-refractivity contribution in [2.75, 3.05) is 18.1 Å². The fraction of sp³-hybridized carbons (Fsp3) is 0.273. The van der Waals surface area contributed by atoms with Gasteiger partial charge in [0.05, 0.1) is 11.5 Å². The van der Waals surface area contributed by atoms with Crippen molar-refractivity contribution in [2.45, 2.75) is 0 Å². The maximum absolute atomic E-state index is 11.3. The van der Waals surface area contributed by atoms with Crippen LogP contribution < -0.4 is 5.73 Å². The van der Waals surface area contributed by atoms with E-state index in [1.807, 2.05) is 30.3 Å². The molecule has 0 atom stereocenters. The molecular weight excluding hydrogens is 210 g/mol. The van der Waals surface area contributed by atoms with E-state index in [9.17, 15) is 8.42 Å². The maximum Gasteiger partial charge on any atom is 0.155 e. The van der Waals surface area contributed by atoms with E-state index in [4.69, 9.17) is 5.73 Å². The van der Waals surface area contributed by atoms with Gasteiger partial charge in [-0.2, -0.15) is 0 Å². The predicted octanol–water partition coefficient (Wildman–Crippen LogP) is 1.07. The summed E-state index contributed by atoms with van der Waals surface area (Å²) in [6.45, 7) is 0.182. The monoisotopic (exact) mass is 225 g/mol. The zero-order chi connectivity index (χ0) is 11.1. The van der Waals surface area contributed by atoms with Crippen LogP contribution in [0, 0.1) is 0 Å². The molecule has 0 aromatic heterocycles. The Kier molecular flexibility index (Phi) is 4.52. The van der Waals surface area contributed by atoms with Crippen LogP contribution in [0.15, 0.2) is 36.4 Å². The van der Waals surface area contributed by atoms with E-state index in [0.29, 0.717) is 0 Å². The molecule has 0 bridgehead atoms. The molecule has 1 aromatic rings. The lowest BCUT2D eigenvalue weighted by molar-refractivity contribution is 0.599. The molecule has 0 fully saturated rings. The number of hydrogen-bond acceptors (Lipinski definition) is 3. The molecule has 0 aliphatic carbocycles. The lowest BCUT2D eigenvalue weighted by Gasteiger charge is -1.97. The van der Waals surface area contributed by atoms with Gasteiger partial charge in [-0.05, 0) is 5.56 Å². The first kappa shape index (κ1) is 11.9. The first-order chi connectivity index (χ1) is 7.14. The van der Waals surface area contributed by atoms with Crippen molar-refractivity contribution in [3.63, 3.8) is 0 Å². The molecule has 2 N–H and O–H groups in total. The van der Waals surface area contributed by atoms with Gasteiger partial charge in [0, 0.05) is 6.54 Å². The van der Waals surface area contributed by atoms with Crippen molar-refractivity contribution in [1.82, 2.24) is 0 Å². The normalized spacial score (nSPS) is 12.1. The van der Waals surface area contributed by atoms with Crippen LogP contribution in [0.3, 0.4) is 0 Å². The van der Waals surface area contributed by atoms with Crippen LogP contribution in [0.2, 0.25) is 0 Å². The summed E-state index contributed by atoms with van der Waals surface area (Å²) in [5, 5.41) is 0. The summed E-state index contributed by atoms with van der Waals surface area (Å²) in [5.74, 6) is 0.102. The van der Waals surface area contributed by atoms with E-state index in [1.54, 1.807) is 12.2 Å². The van der Waals surface area contributed by atoms with Crippen molar-refractivity contribution in [1.29, 1.82) is 0 Å². The lowest BCUT2D eigenvalue weighted by Crippen LogP contribution is -2.17. The highest BCUT2D eigenvalue weighted by molar-refractivity contribution is 7.91. The topological polar surface area (TPSA) is 60.2 Å². The summed E-state index contributed by atoms with van der Waals surface area (Å²) in [4.78, 5) is 0. The average molecular weight is 225 g/mol. The first-order valence-electron chi connectivity index (χ1n) is 4.76. The summed E-state index contributed by atoms with van der Waals surface area (Å²) in [5.41, 5.74) is 6.19. The third kappa shape index (κ3) is 4.76. The highest BCUT2D eigenvalue weighted by atomic mass is 32.2. The Morgan fingerprint density at radius 3 is 2.47 bits per heavy atom. The predicted molar refractivity (Wildman–Crippen MR) is 63.2 cm³/mol. The number of benzene rings is 1. The molecule has 0 heterocycles. The quantitative estimate of drug-likeness (QED) is 0.815. The van der Waals surface area contributed by atoms with E-state index < -0.39 is 9.84 Å². The van der Waals surface area contributed by atoms with E-state index >= 15 is 0 Å². The molecule has 15 heavy (non-hydrogen) atoms. The molecule has 0 spiro atoms. The van der Waals surface area contributed by atoms with E-state index in [-0.39, 0.29) is 18.1 Å². The molecule has 0 radical (unpaired) electrons. The molecule has 1 aromatic carbocycles. The highest BCUT2D eigenvalue weighted by Crippen LogP contribution is 2.01. The largest absolute Gasteiger partial charge is 0.329 e. The molecule has 1 rings (SSSR count). The Bertz CT molecular complexity index is 409. The van der Waals surface area contributed by atoms with Crippen LogP contribution in [0.4, 0.5) is 0 Å². The van der Waals surface area contributed by atoms with Gasteiger partial charge in [0.25, 0.3) is 0 Å². The molecule has 3 nitrogen and oxygen atoms in total. The molecule has 0 saturated carbocycles. The summed E-state index contributed by atoms with van der Waals surface area (Å²) < 4.78 is 22.6. The van der Waals surface area contributed by atoms with Crippen LogP contribution in [0.5, 0.6) is 0 Å². The minimum atomic E-state index is -3.01. The van der Waals surface area contributed by atoms with Crippen molar-refractivity contribution in [2.24, 2.45) is 5.73 Å². The second-order valence-corrected chi connectivity index (χ2v) is 5.44. The number of hydrogen-bond donors (Lipinski definition) is 1. The second-order valence-electron chi connectivity index (χ2n) is 3.22. The van der Waals surface area contributed by atoms with Gasteiger partial charge in [-0.25, -0.2) is 8.42 Å². The first-order valence-corrected chi connectivity index (χ1v) is 6.58. The van der Waals surface area contributed by atoms with Gasteiger partial charge in [-0.15, -0.1) is 0 Å². The van der Waals surface area contributed by atoms with Gasteiger partial charge in [0.15, 0.2) is 9.84 Å². The van der Waals surface area contributed by atoms with Gasteiger partial charge < -0.3 is 5.73 Å². The third-order valence-electron chi connectivity index (χ3n) is 1.89. The summed E-state index contributed by atoms with van der Waals surface area (Å²) in [6, 6.07) is 9.59. The van der Waals surface area contributed by atoms with Gasteiger partial charge in [0.1, 0.15) is 0 Å². The second kappa shape index (κ2) is 5.68. The Morgan fingerprint density at radius 1 is 1.20 bits per heavy atom. The number of sulfone groups is 1. The van der Waals surface area contributed by atoms with Gasteiger partial charge >= 0.3 is 0 Å². The molecule has 0 aliphatic heterocycles. The van der Waals surface area contributed by atoms with Crippen molar-refractivity contribution in [3.8, 4) is 0 Å². The van der Waals surface area contributed by atoms with Crippen LogP contribution >= 0.6 is 0 Å². The fourth-order valence-electron chi connectivity index (χ4n) is 1.16. The fourth-order valence-corrected chi connectivity index (χ4v) is 2.07. The van der Waals surface area contributed by atoms with E-state index in [2.05, 4.69) is 0 Å². The number of rotatable bonds is 5. The third-order valence-corrected chi connectivity index (χ3v) is 3.45. The Balaban J connectivity index is 2.54.